The molecule has 0 unspecified atom stereocenters. The standard InChI is InChI=1S/C16H17ClN2/c17-15-7-8-18-16(10-15)12-19-9-3-6-13-4-1-2-5-14(13)11-19/h1-2,4-5,7-8,10H,3,6,9,11-12H2. The Hall–Kier alpha value is -1.38. The number of benzene rings is 1. The average molecular weight is 273 g/mol. The molecule has 3 heteroatoms. The van der Waals surface area contributed by atoms with Crippen LogP contribution in [0.15, 0.2) is 42.6 Å². The topological polar surface area (TPSA) is 16.1 Å². The summed E-state index contributed by atoms with van der Waals surface area (Å²) in [4.78, 5) is 6.84. The molecule has 98 valence electrons. The van der Waals surface area contributed by atoms with Crippen molar-refractivity contribution in [2.24, 2.45) is 0 Å². The first-order valence-electron chi connectivity index (χ1n) is 6.71. The minimum absolute atomic E-state index is 0.764. The number of halogens is 1. The molecule has 0 fully saturated rings. The molecule has 1 aliphatic rings. The Balaban J connectivity index is 1.76. The number of aromatic nitrogens is 1. The molecular formula is C16H17ClN2. The highest BCUT2D eigenvalue weighted by Gasteiger charge is 2.14. The van der Waals surface area contributed by atoms with Gasteiger partial charge in [0.1, 0.15) is 0 Å². The minimum atomic E-state index is 0.764. The van der Waals surface area contributed by atoms with E-state index in [0.29, 0.717) is 0 Å². The summed E-state index contributed by atoms with van der Waals surface area (Å²) in [7, 11) is 0. The first kappa shape index (κ1) is 12.6. The van der Waals surface area contributed by atoms with Crippen LogP contribution in [0.3, 0.4) is 0 Å². The Morgan fingerprint density at radius 3 is 2.84 bits per heavy atom. The molecule has 0 amide bonds. The van der Waals surface area contributed by atoms with E-state index in [1.54, 1.807) is 6.20 Å². The van der Waals surface area contributed by atoms with Crippen LogP contribution in [0.2, 0.25) is 5.02 Å². The molecule has 2 aromatic rings. The Bertz CT molecular complexity index is 568. The van der Waals surface area contributed by atoms with E-state index in [1.165, 1.54) is 24.0 Å². The number of hydrogen-bond donors (Lipinski definition) is 0. The molecule has 0 N–H and O–H groups in total. The highest BCUT2D eigenvalue weighted by atomic mass is 35.5. The molecule has 1 aromatic carbocycles. The van der Waals surface area contributed by atoms with Gasteiger partial charge in [-0.15, -0.1) is 0 Å². The monoisotopic (exact) mass is 272 g/mol. The van der Waals surface area contributed by atoms with Gasteiger partial charge >= 0.3 is 0 Å². The SMILES string of the molecule is Clc1ccnc(CN2CCCc3ccccc3C2)c1. The minimum Gasteiger partial charge on any atom is -0.293 e. The largest absolute Gasteiger partial charge is 0.293 e. The molecule has 0 radical (unpaired) electrons. The van der Waals surface area contributed by atoms with Crippen LogP contribution in [-0.2, 0) is 19.5 Å². The molecule has 0 spiro atoms. The van der Waals surface area contributed by atoms with Crippen LogP contribution in [0, 0.1) is 0 Å². The molecule has 0 saturated carbocycles. The summed E-state index contributed by atoms with van der Waals surface area (Å²) in [6.45, 7) is 2.99. The van der Waals surface area contributed by atoms with E-state index in [2.05, 4.69) is 34.1 Å². The van der Waals surface area contributed by atoms with Crippen LogP contribution >= 0.6 is 11.6 Å². The lowest BCUT2D eigenvalue weighted by molar-refractivity contribution is 0.258. The summed E-state index contributed by atoms with van der Waals surface area (Å²) in [5, 5.41) is 0.764. The third-order valence-electron chi connectivity index (χ3n) is 3.60. The third kappa shape index (κ3) is 3.14. The van der Waals surface area contributed by atoms with Crippen LogP contribution in [0.5, 0.6) is 0 Å². The molecule has 19 heavy (non-hydrogen) atoms. The van der Waals surface area contributed by atoms with Gasteiger partial charge in [0.05, 0.1) is 5.69 Å². The third-order valence-corrected chi connectivity index (χ3v) is 3.83. The molecule has 1 aliphatic heterocycles. The molecule has 0 saturated heterocycles. The normalized spacial score (nSPS) is 15.8. The maximum atomic E-state index is 6.02. The van der Waals surface area contributed by atoms with Crippen molar-refractivity contribution >= 4 is 11.6 Å². The zero-order valence-electron chi connectivity index (χ0n) is 10.8. The second-order valence-electron chi connectivity index (χ2n) is 5.05. The average Bonchev–Trinajstić information content (AvgIpc) is 2.60. The van der Waals surface area contributed by atoms with Crippen molar-refractivity contribution in [1.82, 2.24) is 9.88 Å². The van der Waals surface area contributed by atoms with E-state index in [9.17, 15) is 0 Å². The lowest BCUT2D eigenvalue weighted by Gasteiger charge is -2.20. The van der Waals surface area contributed by atoms with E-state index < -0.39 is 0 Å². The van der Waals surface area contributed by atoms with Crippen LogP contribution < -0.4 is 0 Å². The zero-order chi connectivity index (χ0) is 13.1. The van der Waals surface area contributed by atoms with E-state index in [1.807, 2.05) is 12.1 Å². The smallest absolute Gasteiger partial charge is 0.0558 e. The second-order valence-corrected chi connectivity index (χ2v) is 5.48. The Morgan fingerprint density at radius 2 is 2.00 bits per heavy atom. The van der Waals surface area contributed by atoms with Crippen molar-refractivity contribution in [3.8, 4) is 0 Å². The van der Waals surface area contributed by atoms with Crippen molar-refractivity contribution < 1.29 is 0 Å². The van der Waals surface area contributed by atoms with Gasteiger partial charge in [-0.25, -0.2) is 0 Å². The van der Waals surface area contributed by atoms with Gasteiger partial charge in [0.15, 0.2) is 0 Å². The van der Waals surface area contributed by atoms with Crippen LogP contribution in [0.4, 0.5) is 0 Å². The fourth-order valence-corrected chi connectivity index (χ4v) is 2.85. The summed E-state index contributed by atoms with van der Waals surface area (Å²) in [6, 6.07) is 12.5. The van der Waals surface area contributed by atoms with E-state index in [0.717, 1.165) is 30.4 Å². The van der Waals surface area contributed by atoms with Crippen molar-refractivity contribution in [2.75, 3.05) is 6.54 Å². The molecule has 0 bridgehead atoms. The number of rotatable bonds is 2. The zero-order valence-corrected chi connectivity index (χ0v) is 11.6. The predicted octanol–water partition coefficient (Wildman–Crippen LogP) is 3.68. The van der Waals surface area contributed by atoms with Gasteiger partial charge in [-0.05, 0) is 42.6 Å². The lowest BCUT2D eigenvalue weighted by atomic mass is 10.0. The fraction of sp³-hybridized carbons (Fsp3) is 0.312. The summed E-state index contributed by atoms with van der Waals surface area (Å²) >= 11 is 6.02. The van der Waals surface area contributed by atoms with Gasteiger partial charge in [-0.3, -0.25) is 9.88 Å². The van der Waals surface area contributed by atoms with Crippen molar-refractivity contribution in [3.63, 3.8) is 0 Å². The molecule has 1 aromatic heterocycles. The van der Waals surface area contributed by atoms with Gasteiger partial charge in [-0.2, -0.15) is 0 Å². The molecule has 2 heterocycles. The van der Waals surface area contributed by atoms with E-state index in [-0.39, 0.29) is 0 Å². The van der Waals surface area contributed by atoms with Gasteiger partial charge in [0, 0.05) is 24.3 Å². The first-order chi connectivity index (χ1) is 9.31. The number of nitrogens with zero attached hydrogens (tertiary/aromatic N) is 2. The van der Waals surface area contributed by atoms with E-state index in [4.69, 9.17) is 11.6 Å². The Morgan fingerprint density at radius 1 is 1.16 bits per heavy atom. The van der Waals surface area contributed by atoms with Gasteiger partial charge < -0.3 is 0 Å². The highest BCUT2D eigenvalue weighted by molar-refractivity contribution is 6.30. The van der Waals surface area contributed by atoms with Gasteiger partial charge in [-0.1, -0.05) is 35.9 Å². The lowest BCUT2D eigenvalue weighted by Crippen LogP contribution is -2.23. The predicted molar refractivity (Wildman–Crippen MR) is 78.1 cm³/mol. The first-order valence-corrected chi connectivity index (χ1v) is 7.08. The summed E-state index contributed by atoms with van der Waals surface area (Å²) in [6.07, 6.45) is 4.16. The molecular weight excluding hydrogens is 256 g/mol. The number of hydrogen-bond acceptors (Lipinski definition) is 2. The van der Waals surface area contributed by atoms with Crippen molar-refractivity contribution in [3.05, 3.63) is 64.4 Å². The number of pyridine rings is 1. The Kier molecular flexibility index (Phi) is 3.81. The van der Waals surface area contributed by atoms with Crippen LogP contribution in [0.25, 0.3) is 0 Å². The summed E-state index contributed by atoms with van der Waals surface area (Å²) < 4.78 is 0. The quantitative estimate of drug-likeness (QED) is 0.829. The van der Waals surface area contributed by atoms with Gasteiger partial charge in [0.2, 0.25) is 0 Å². The van der Waals surface area contributed by atoms with Crippen LogP contribution in [0.1, 0.15) is 23.2 Å². The second kappa shape index (κ2) is 5.72. The highest BCUT2D eigenvalue weighted by Crippen LogP contribution is 2.20. The summed E-state index contributed by atoms with van der Waals surface area (Å²) in [5.74, 6) is 0. The maximum Gasteiger partial charge on any atom is 0.0558 e. The molecule has 3 rings (SSSR count). The van der Waals surface area contributed by atoms with Crippen LogP contribution in [-0.4, -0.2) is 16.4 Å². The number of fused-ring (bicyclic) bond motifs is 1. The molecule has 0 atom stereocenters. The Labute approximate surface area is 119 Å². The fourth-order valence-electron chi connectivity index (χ4n) is 2.67. The molecule has 0 aliphatic carbocycles. The van der Waals surface area contributed by atoms with Gasteiger partial charge in [0.25, 0.3) is 0 Å². The summed E-state index contributed by atoms with van der Waals surface area (Å²) in [5.41, 5.74) is 3.98. The maximum absolute atomic E-state index is 6.02. The molecule has 2 nitrogen and oxygen atoms in total. The number of aryl methyl sites for hydroxylation is 1. The van der Waals surface area contributed by atoms with E-state index >= 15 is 0 Å². The van der Waals surface area contributed by atoms with Crippen molar-refractivity contribution in [1.29, 1.82) is 0 Å². The van der Waals surface area contributed by atoms with Crippen molar-refractivity contribution in [2.45, 2.75) is 25.9 Å².